The number of aromatic nitrogens is 2. The molecule has 0 radical (unpaired) electrons. The highest BCUT2D eigenvalue weighted by Crippen LogP contribution is 1.90. The summed E-state index contributed by atoms with van der Waals surface area (Å²) < 4.78 is 27.5. The summed E-state index contributed by atoms with van der Waals surface area (Å²) in [6, 6.07) is 0. The van der Waals surface area contributed by atoms with Gasteiger partial charge in [-0.25, -0.2) is 9.13 Å². The molecule has 0 saturated heterocycles. The van der Waals surface area contributed by atoms with Gasteiger partial charge in [0.1, 0.15) is 12.4 Å². The number of imidazole rings is 1. The van der Waals surface area contributed by atoms with Crippen LogP contribution in [0.5, 0.6) is 0 Å². The summed E-state index contributed by atoms with van der Waals surface area (Å²) in [6.07, 6.45) is 6.72. The molecule has 0 bridgehead atoms. The molecule has 0 aliphatic rings. The largest absolute Gasteiger partial charge is 0.251 e. The van der Waals surface area contributed by atoms with E-state index in [0.29, 0.717) is 25.9 Å². The van der Waals surface area contributed by atoms with Crippen LogP contribution in [-0.4, -0.2) is 17.9 Å². The van der Waals surface area contributed by atoms with Gasteiger partial charge in [0.2, 0.25) is 6.33 Å². The van der Waals surface area contributed by atoms with Gasteiger partial charge in [-0.2, -0.15) is 0 Å². The molecule has 2 nitrogen and oxygen atoms in total. The molecule has 1 heterocycles. The number of aryl methyl sites for hydroxylation is 2. The molecule has 0 aromatic carbocycles. The molecule has 74 valence electrons. The zero-order chi connectivity index (χ0) is 9.52. The highest BCUT2D eigenvalue weighted by atomic mass is 19.1. The second-order valence-electron chi connectivity index (χ2n) is 2.97. The van der Waals surface area contributed by atoms with E-state index in [2.05, 4.69) is 0 Å². The van der Waals surface area contributed by atoms with E-state index in [9.17, 15) is 8.78 Å². The first-order chi connectivity index (χ1) is 6.36. The lowest BCUT2D eigenvalue weighted by atomic mass is 10.4. The van der Waals surface area contributed by atoms with Crippen molar-refractivity contribution in [1.82, 2.24) is 4.57 Å². The van der Waals surface area contributed by atoms with Crippen LogP contribution in [0.3, 0.4) is 0 Å². The van der Waals surface area contributed by atoms with Crippen molar-refractivity contribution in [3.05, 3.63) is 18.7 Å². The van der Waals surface area contributed by atoms with Crippen molar-refractivity contribution in [2.75, 3.05) is 13.3 Å². The lowest BCUT2D eigenvalue weighted by molar-refractivity contribution is -0.696. The highest BCUT2D eigenvalue weighted by Gasteiger charge is 2.02. The Bertz CT molecular complexity index is 213. The predicted molar refractivity (Wildman–Crippen MR) is 45.8 cm³/mol. The number of alkyl halides is 2. The van der Waals surface area contributed by atoms with Crippen molar-refractivity contribution in [3.8, 4) is 0 Å². The van der Waals surface area contributed by atoms with Gasteiger partial charge in [-0.05, 0) is 0 Å². The topological polar surface area (TPSA) is 8.81 Å². The molecule has 4 heteroatoms. The molecule has 0 saturated carbocycles. The van der Waals surface area contributed by atoms with Crippen LogP contribution in [-0.2, 0) is 13.1 Å². The zero-order valence-corrected chi connectivity index (χ0v) is 7.63. The molecule has 13 heavy (non-hydrogen) atoms. The molecule has 0 spiro atoms. The van der Waals surface area contributed by atoms with E-state index in [0.717, 1.165) is 0 Å². The van der Waals surface area contributed by atoms with Crippen molar-refractivity contribution in [2.45, 2.75) is 25.9 Å². The zero-order valence-electron chi connectivity index (χ0n) is 7.63. The second-order valence-corrected chi connectivity index (χ2v) is 2.97. The van der Waals surface area contributed by atoms with Crippen molar-refractivity contribution >= 4 is 0 Å². The third-order valence-corrected chi connectivity index (χ3v) is 1.85. The molecule has 0 N–H and O–H groups in total. The molecule has 0 atom stereocenters. The van der Waals surface area contributed by atoms with Crippen LogP contribution in [0.2, 0.25) is 0 Å². The summed E-state index contributed by atoms with van der Waals surface area (Å²) in [7, 11) is 0. The minimum atomic E-state index is -0.289. The Balaban J connectivity index is 2.34. The van der Waals surface area contributed by atoms with Crippen LogP contribution < -0.4 is 4.57 Å². The third-order valence-electron chi connectivity index (χ3n) is 1.85. The monoisotopic (exact) mass is 189 g/mol. The molecule has 0 aliphatic heterocycles. The van der Waals surface area contributed by atoms with Crippen LogP contribution in [0.25, 0.3) is 0 Å². The standard InChI is InChI=1S/C9H15F2N2/c10-3-1-5-12-7-8-13(9-12)6-2-4-11/h7-9H,1-6H2/q+1. The quantitative estimate of drug-likeness (QED) is 0.600. The molecule has 0 fully saturated rings. The smallest absolute Gasteiger partial charge is 0.243 e. The van der Waals surface area contributed by atoms with E-state index in [4.69, 9.17) is 0 Å². The second kappa shape index (κ2) is 5.67. The van der Waals surface area contributed by atoms with Crippen molar-refractivity contribution in [2.24, 2.45) is 0 Å². The van der Waals surface area contributed by atoms with Crippen molar-refractivity contribution in [3.63, 3.8) is 0 Å². The first kappa shape index (κ1) is 10.2. The fourth-order valence-corrected chi connectivity index (χ4v) is 1.19. The Morgan fingerprint density at radius 2 is 1.92 bits per heavy atom. The summed E-state index contributed by atoms with van der Waals surface area (Å²) >= 11 is 0. The molecule has 1 aromatic heterocycles. The highest BCUT2D eigenvalue weighted by molar-refractivity contribution is 4.65. The Morgan fingerprint density at radius 1 is 1.15 bits per heavy atom. The van der Waals surface area contributed by atoms with Gasteiger partial charge in [0.05, 0.1) is 26.4 Å². The molecule has 1 aromatic rings. The number of rotatable bonds is 6. The van der Waals surface area contributed by atoms with Gasteiger partial charge in [-0.15, -0.1) is 0 Å². The van der Waals surface area contributed by atoms with Crippen LogP contribution in [0.4, 0.5) is 8.78 Å². The fraction of sp³-hybridized carbons (Fsp3) is 0.667. The Labute approximate surface area is 76.8 Å². The van der Waals surface area contributed by atoms with E-state index in [1.165, 1.54) is 0 Å². The van der Waals surface area contributed by atoms with Crippen molar-refractivity contribution in [1.29, 1.82) is 0 Å². The number of halogens is 2. The van der Waals surface area contributed by atoms with Gasteiger partial charge in [0.25, 0.3) is 0 Å². The number of hydrogen-bond acceptors (Lipinski definition) is 0. The van der Waals surface area contributed by atoms with Crippen LogP contribution >= 0.6 is 0 Å². The Kier molecular flexibility index (Phi) is 4.43. The number of nitrogens with zero attached hydrogens (tertiary/aromatic N) is 2. The van der Waals surface area contributed by atoms with Gasteiger partial charge in [-0.3, -0.25) is 8.78 Å². The van der Waals surface area contributed by atoms with Crippen LogP contribution in [0, 0.1) is 0 Å². The van der Waals surface area contributed by atoms with E-state index in [1.807, 2.05) is 27.9 Å². The SMILES string of the molecule is FCCCn1cc[n+](CCCF)c1. The van der Waals surface area contributed by atoms with E-state index >= 15 is 0 Å². The van der Waals surface area contributed by atoms with E-state index in [-0.39, 0.29) is 13.3 Å². The van der Waals surface area contributed by atoms with Gasteiger partial charge in [0, 0.05) is 12.8 Å². The van der Waals surface area contributed by atoms with Gasteiger partial charge in [0.15, 0.2) is 0 Å². The first-order valence-corrected chi connectivity index (χ1v) is 4.53. The molecular weight excluding hydrogens is 174 g/mol. The summed E-state index contributed by atoms with van der Waals surface area (Å²) in [6.45, 7) is 0.809. The molecule has 0 unspecified atom stereocenters. The summed E-state index contributed by atoms with van der Waals surface area (Å²) in [5.41, 5.74) is 0. The normalized spacial score (nSPS) is 10.6. The maximum atomic E-state index is 11.8. The minimum absolute atomic E-state index is 0.289. The number of hydrogen-bond donors (Lipinski definition) is 0. The third kappa shape index (κ3) is 3.53. The van der Waals surface area contributed by atoms with Crippen LogP contribution in [0.1, 0.15) is 12.8 Å². The summed E-state index contributed by atoms with van der Waals surface area (Å²) in [5.74, 6) is 0. The van der Waals surface area contributed by atoms with Gasteiger partial charge in [-0.1, -0.05) is 0 Å². The molecule has 0 aliphatic carbocycles. The maximum absolute atomic E-state index is 11.8. The summed E-state index contributed by atoms with van der Waals surface area (Å²) in [4.78, 5) is 0. The molecule has 0 amide bonds. The fourth-order valence-electron chi connectivity index (χ4n) is 1.19. The van der Waals surface area contributed by atoms with Gasteiger partial charge < -0.3 is 0 Å². The first-order valence-electron chi connectivity index (χ1n) is 4.53. The molecular formula is C9H15F2N2+. The van der Waals surface area contributed by atoms with Crippen molar-refractivity contribution < 1.29 is 13.3 Å². The lowest BCUT2D eigenvalue weighted by Gasteiger charge is -1.92. The lowest BCUT2D eigenvalue weighted by Crippen LogP contribution is -2.31. The molecule has 1 rings (SSSR count). The Morgan fingerprint density at radius 3 is 2.62 bits per heavy atom. The van der Waals surface area contributed by atoms with Crippen LogP contribution in [0.15, 0.2) is 18.7 Å². The van der Waals surface area contributed by atoms with Gasteiger partial charge >= 0.3 is 0 Å². The van der Waals surface area contributed by atoms with E-state index in [1.54, 1.807) is 0 Å². The average molecular weight is 189 g/mol. The predicted octanol–water partition coefficient (Wildman–Crippen LogP) is 1.49. The minimum Gasteiger partial charge on any atom is -0.251 e. The average Bonchev–Trinajstić information content (AvgIpc) is 2.59. The summed E-state index contributed by atoms with van der Waals surface area (Å²) in [5, 5.41) is 0. The van der Waals surface area contributed by atoms with E-state index < -0.39 is 0 Å². The maximum Gasteiger partial charge on any atom is 0.243 e. The Hall–Kier alpha value is -0.930.